The zero-order chi connectivity index (χ0) is 27.7. The number of rotatable bonds is 12. The van der Waals surface area contributed by atoms with Crippen LogP contribution in [0.4, 0.5) is 10.1 Å². The van der Waals surface area contributed by atoms with Crippen molar-refractivity contribution >= 4 is 27.5 Å². The van der Waals surface area contributed by atoms with Crippen LogP contribution in [0.5, 0.6) is 5.75 Å². The fraction of sp³-hybridized carbons (Fsp3) is 0.286. The smallest absolute Gasteiger partial charge is 0.264 e. The first-order valence-electron chi connectivity index (χ1n) is 12.3. The lowest BCUT2D eigenvalue weighted by Gasteiger charge is -2.32. The van der Waals surface area contributed by atoms with Gasteiger partial charge in [0.2, 0.25) is 11.8 Å². The van der Waals surface area contributed by atoms with Crippen LogP contribution in [0.2, 0.25) is 0 Å². The molecule has 1 atom stereocenters. The molecule has 0 saturated heterocycles. The highest BCUT2D eigenvalue weighted by Crippen LogP contribution is 2.26. The number of nitrogens with one attached hydrogen (secondary N) is 1. The molecule has 2 amide bonds. The zero-order valence-electron chi connectivity index (χ0n) is 21.6. The Morgan fingerprint density at radius 1 is 0.947 bits per heavy atom. The van der Waals surface area contributed by atoms with Gasteiger partial charge >= 0.3 is 0 Å². The Labute approximate surface area is 223 Å². The van der Waals surface area contributed by atoms with Crippen LogP contribution in [-0.2, 0) is 26.2 Å². The number of likely N-dealkylation sites (N-methyl/N-ethyl adjacent to an activating group) is 1. The van der Waals surface area contributed by atoms with Gasteiger partial charge in [-0.1, -0.05) is 30.3 Å². The van der Waals surface area contributed by atoms with Gasteiger partial charge in [-0.2, -0.15) is 0 Å². The molecule has 0 aliphatic carbocycles. The first kappa shape index (κ1) is 28.6. The van der Waals surface area contributed by atoms with Gasteiger partial charge in [-0.3, -0.25) is 13.9 Å². The summed E-state index contributed by atoms with van der Waals surface area (Å²) < 4.78 is 47.5. The second kappa shape index (κ2) is 13.0. The Morgan fingerprint density at radius 2 is 1.58 bits per heavy atom. The monoisotopic (exact) mass is 541 g/mol. The molecule has 1 N–H and O–H groups in total. The molecule has 0 heterocycles. The van der Waals surface area contributed by atoms with Crippen LogP contribution < -0.4 is 14.4 Å². The van der Waals surface area contributed by atoms with Gasteiger partial charge in [0.1, 0.15) is 24.2 Å². The largest absolute Gasteiger partial charge is 0.494 e. The van der Waals surface area contributed by atoms with Gasteiger partial charge in [0.05, 0.1) is 17.2 Å². The van der Waals surface area contributed by atoms with E-state index in [2.05, 4.69) is 5.32 Å². The number of carbonyl (C=O) groups is 2. The first-order valence-corrected chi connectivity index (χ1v) is 13.7. The number of sulfonamides is 1. The van der Waals surface area contributed by atoms with Crippen molar-refractivity contribution in [3.63, 3.8) is 0 Å². The molecule has 0 aliphatic rings. The summed E-state index contributed by atoms with van der Waals surface area (Å²) in [7, 11) is -4.25. The summed E-state index contributed by atoms with van der Waals surface area (Å²) in [6.45, 7) is 5.47. The molecule has 0 aromatic heterocycles. The number of benzene rings is 3. The van der Waals surface area contributed by atoms with Crippen LogP contribution in [0.3, 0.4) is 0 Å². The predicted molar refractivity (Wildman–Crippen MR) is 144 cm³/mol. The van der Waals surface area contributed by atoms with Crippen molar-refractivity contribution in [2.75, 3.05) is 24.0 Å². The van der Waals surface area contributed by atoms with Crippen LogP contribution in [-0.4, -0.2) is 50.9 Å². The second-order valence-corrected chi connectivity index (χ2v) is 10.3. The summed E-state index contributed by atoms with van der Waals surface area (Å²) in [4.78, 5) is 27.7. The lowest BCUT2D eigenvalue weighted by Crippen LogP contribution is -2.51. The van der Waals surface area contributed by atoms with Gasteiger partial charge in [0.25, 0.3) is 10.0 Å². The van der Waals surface area contributed by atoms with Gasteiger partial charge < -0.3 is 15.0 Å². The van der Waals surface area contributed by atoms with E-state index in [-0.39, 0.29) is 23.0 Å². The van der Waals surface area contributed by atoms with E-state index in [1.165, 1.54) is 41.3 Å². The third kappa shape index (κ3) is 7.10. The summed E-state index contributed by atoms with van der Waals surface area (Å²) in [6.07, 6.45) is 0. The fourth-order valence-corrected chi connectivity index (χ4v) is 5.24. The van der Waals surface area contributed by atoms with Crippen molar-refractivity contribution in [2.45, 2.75) is 38.3 Å². The number of halogens is 1. The number of hydrogen-bond acceptors (Lipinski definition) is 5. The molecule has 8 nitrogen and oxygen atoms in total. The van der Waals surface area contributed by atoms with Crippen molar-refractivity contribution < 1.29 is 27.1 Å². The molecule has 38 heavy (non-hydrogen) atoms. The summed E-state index contributed by atoms with van der Waals surface area (Å²) in [5, 5.41) is 2.71. The molecule has 0 aliphatic heterocycles. The van der Waals surface area contributed by atoms with Crippen LogP contribution in [0.1, 0.15) is 26.3 Å². The fourth-order valence-electron chi connectivity index (χ4n) is 3.82. The van der Waals surface area contributed by atoms with Crippen LogP contribution in [0.25, 0.3) is 0 Å². The topological polar surface area (TPSA) is 96.0 Å². The number of nitrogens with zero attached hydrogens (tertiary/aromatic N) is 2. The minimum atomic E-state index is -4.25. The molecule has 3 rings (SSSR count). The van der Waals surface area contributed by atoms with E-state index in [1.54, 1.807) is 13.8 Å². The molecule has 3 aromatic rings. The number of hydrogen-bond donors (Lipinski definition) is 1. The van der Waals surface area contributed by atoms with Crippen LogP contribution in [0, 0.1) is 5.82 Å². The van der Waals surface area contributed by atoms with Crippen LogP contribution >= 0.6 is 0 Å². The van der Waals surface area contributed by atoms with Crippen molar-refractivity contribution in [2.24, 2.45) is 0 Å². The number of ether oxygens (including phenoxy) is 1. The molecular weight excluding hydrogens is 509 g/mol. The Kier molecular flexibility index (Phi) is 9.84. The van der Waals surface area contributed by atoms with Gasteiger partial charge in [-0.05, 0) is 74.9 Å². The van der Waals surface area contributed by atoms with E-state index < -0.39 is 34.3 Å². The predicted octanol–water partition coefficient (Wildman–Crippen LogP) is 3.97. The van der Waals surface area contributed by atoms with E-state index in [4.69, 9.17) is 4.74 Å². The zero-order valence-corrected chi connectivity index (χ0v) is 22.4. The SMILES string of the molecule is CCNC(=O)C(C)N(Cc1ccccc1)C(=O)CN(c1ccc(F)cc1)S(=O)(=O)c1ccc(OCC)cc1. The molecule has 0 fully saturated rings. The highest BCUT2D eigenvalue weighted by molar-refractivity contribution is 7.92. The minimum absolute atomic E-state index is 0.0653. The maximum Gasteiger partial charge on any atom is 0.264 e. The van der Waals surface area contributed by atoms with Gasteiger partial charge in [0.15, 0.2) is 0 Å². The molecule has 0 saturated carbocycles. The van der Waals surface area contributed by atoms with E-state index in [0.29, 0.717) is 18.9 Å². The first-order chi connectivity index (χ1) is 18.2. The van der Waals surface area contributed by atoms with Crippen molar-refractivity contribution in [3.05, 3.63) is 90.2 Å². The maximum absolute atomic E-state index is 13.8. The number of amides is 2. The van der Waals surface area contributed by atoms with Gasteiger partial charge in [-0.15, -0.1) is 0 Å². The van der Waals surface area contributed by atoms with Gasteiger partial charge in [0, 0.05) is 13.1 Å². The number of carbonyl (C=O) groups excluding carboxylic acids is 2. The molecule has 10 heteroatoms. The molecule has 1 unspecified atom stereocenters. The summed E-state index contributed by atoms with van der Waals surface area (Å²) in [5.41, 5.74) is 0.888. The quantitative estimate of drug-likeness (QED) is 0.374. The molecule has 0 spiro atoms. The summed E-state index contributed by atoms with van der Waals surface area (Å²) >= 11 is 0. The van der Waals surface area contributed by atoms with Gasteiger partial charge in [-0.25, -0.2) is 12.8 Å². The summed E-state index contributed by atoms with van der Waals surface area (Å²) in [5.74, 6) is -0.999. The third-order valence-electron chi connectivity index (χ3n) is 5.83. The highest BCUT2D eigenvalue weighted by Gasteiger charge is 2.32. The normalized spacial score (nSPS) is 11.9. The van der Waals surface area contributed by atoms with E-state index in [9.17, 15) is 22.4 Å². The standard InChI is InChI=1S/C28H32FN3O5S/c1-4-30-28(34)21(3)31(19-22-9-7-6-8-10-22)27(33)20-32(24-13-11-23(29)12-14-24)38(35,36)26-17-15-25(16-18-26)37-5-2/h6-18,21H,4-5,19-20H2,1-3H3,(H,30,34). The second-order valence-electron chi connectivity index (χ2n) is 8.47. The Morgan fingerprint density at radius 3 is 2.16 bits per heavy atom. The molecule has 3 aromatic carbocycles. The average molecular weight is 542 g/mol. The maximum atomic E-state index is 13.8. The van der Waals surface area contributed by atoms with E-state index >= 15 is 0 Å². The Balaban J connectivity index is 2.00. The van der Waals surface area contributed by atoms with Crippen molar-refractivity contribution in [1.82, 2.24) is 10.2 Å². The summed E-state index contributed by atoms with van der Waals surface area (Å²) in [6, 6.07) is 18.9. The average Bonchev–Trinajstić information content (AvgIpc) is 2.91. The third-order valence-corrected chi connectivity index (χ3v) is 7.62. The molecule has 0 bridgehead atoms. The Hall–Kier alpha value is -3.92. The van der Waals surface area contributed by atoms with Crippen LogP contribution in [0.15, 0.2) is 83.8 Å². The molecule has 202 valence electrons. The van der Waals surface area contributed by atoms with E-state index in [1.807, 2.05) is 37.3 Å². The van der Waals surface area contributed by atoms with Crippen molar-refractivity contribution in [3.8, 4) is 5.75 Å². The lowest BCUT2D eigenvalue weighted by molar-refractivity contribution is -0.139. The highest BCUT2D eigenvalue weighted by atomic mass is 32.2. The minimum Gasteiger partial charge on any atom is -0.494 e. The lowest BCUT2D eigenvalue weighted by atomic mass is 10.1. The Bertz CT molecular complexity index is 1320. The molecule has 0 radical (unpaired) electrons. The van der Waals surface area contributed by atoms with Crippen molar-refractivity contribution in [1.29, 1.82) is 0 Å². The molecular formula is C28H32FN3O5S. The number of anilines is 1. The van der Waals surface area contributed by atoms with E-state index in [0.717, 1.165) is 22.0 Å².